The number of hydrogen-bond donors (Lipinski definition) is 1. The second-order valence-corrected chi connectivity index (χ2v) is 11.7. The number of nitrogens with one attached hydrogen (secondary N) is 1. The lowest BCUT2D eigenvalue weighted by atomic mass is 10.1. The first kappa shape index (κ1) is 28.6. The number of nitrogens with zero attached hydrogens (tertiary/aromatic N) is 3. The Kier molecular flexibility index (Phi) is 9.52. The Labute approximate surface area is 254 Å². The van der Waals surface area contributed by atoms with Gasteiger partial charge in [-0.25, -0.2) is 9.37 Å². The number of halogens is 4. The van der Waals surface area contributed by atoms with Gasteiger partial charge in [-0.1, -0.05) is 35.8 Å². The van der Waals surface area contributed by atoms with E-state index in [0.717, 1.165) is 23.6 Å². The second-order valence-electron chi connectivity index (χ2n) is 8.46. The van der Waals surface area contributed by atoms with Crippen LogP contribution in [0.2, 0.25) is 0 Å². The number of carbonyl (C=O) groups is 1. The van der Waals surface area contributed by atoms with E-state index in [1.54, 1.807) is 18.3 Å². The van der Waals surface area contributed by atoms with Gasteiger partial charge in [0.25, 0.3) is 11.5 Å². The van der Waals surface area contributed by atoms with Crippen LogP contribution in [-0.4, -0.2) is 28.4 Å². The van der Waals surface area contributed by atoms with Crippen molar-refractivity contribution in [2.75, 3.05) is 11.9 Å². The number of benzene rings is 3. The standard InChI is InChI=1S/C27H22BrFI2N4O3/c1-3-15(2)26-34-23-8-7-17(28)11-20(23)27(37)35(26)32-13-16-9-21(30)25(22(31)10-16)38-14-24(36)33-19-6-4-5-18(29)12-19/h4-13,15H,3,14H2,1-2H3,(H,33,36)/t15-/m1/s1. The van der Waals surface area contributed by atoms with Crippen LogP contribution in [0.5, 0.6) is 5.75 Å². The second kappa shape index (κ2) is 12.6. The largest absolute Gasteiger partial charge is 0.482 e. The first-order valence-electron chi connectivity index (χ1n) is 11.6. The van der Waals surface area contributed by atoms with Crippen molar-refractivity contribution >= 4 is 89.8 Å². The van der Waals surface area contributed by atoms with Crippen molar-refractivity contribution in [2.24, 2.45) is 5.10 Å². The van der Waals surface area contributed by atoms with E-state index in [-0.39, 0.29) is 18.1 Å². The Bertz CT molecular complexity index is 1590. The predicted octanol–water partition coefficient (Wildman–Crippen LogP) is 6.92. The summed E-state index contributed by atoms with van der Waals surface area (Å²) in [6.45, 7) is 3.82. The third-order valence-corrected chi connectivity index (χ3v) is 7.78. The highest BCUT2D eigenvalue weighted by Crippen LogP contribution is 2.29. The topological polar surface area (TPSA) is 85.6 Å². The summed E-state index contributed by atoms with van der Waals surface area (Å²) in [6, 6.07) is 14.8. The zero-order valence-corrected chi connectivity index (χ0v) is 26.2. The first-order valence-corrected chi connectivity index (χ1v) is 14.5. The number of amides is 1. The molecule has 0 saturated carbocycles. The summed E-state index contributed by atoms with van der Waals surface area (Å²) in [5, 5.41) is 7.61. The summed E-state index contributed by atoms with van der Waals surface area (Å²) >= 11 is 7.68. The monoisotopic (exact) mass is 802 g/mol. The number of ether oxygens (including phenoxy) is 1. The van der Waals surface area contributed by atoms with Gasteiger partial charge in [0.1, 0.15) is 17.4 Å². The number of aromatic nitrogens is 2. The van der Waals surface area contributed by atoms with Crippen LogP contribution >= 0.6 is 61.1 Å². The quantitative estimate of drug-likeness (QED) is 0.155. The van der Waals surface area contributed by atoms with Crippen LogP contribution in [-0.2, 0) is 4.79 Å². The fourth-order valence-electron chi connectivity index (χ4n) is 3.60. The molecule has 0 aliphatic heterocycles. The SMILES string of the molecule is CC[C@@H](C)c1nc2ccc(Br)cc2c(=O)n1N=Cc1cc(I)c(OCC(=O)Nc2cccc(F)c2)c(I)c1. The molecule has 38 heavy (non-hydrogen) atoms. The maximum atomic E-state index is 13.4. The van der Waals surface area contributed by atoms with Crippen molar-refractivity contribution in [2.45, 2.75) is 26.2 Å². The van der Waals surface area contributed by atoms with E-state index in [4.69, 9.17) is 9.72 Å². The maximum Gasteiger partial charge on any atom is 0.282 e. The Hall–Kier alpha value is -2.39. The Balaban J connectivity index is 1.57. The average Bonchev–Trinajstić information content (AvgIpc) is 2.87. The third kappa shape index (κ3) is 6.78. The van der Waals surface area contributed by atoms with Crippen LogP contribution in [0.1, 0.15) is 37.6 Å². The lowest BCUT2D eigenvalue weighted by molar-refractivity contribution is -0.118. The van der Waals surface area contributed by atoms with Crippen LogP contribution in [0, 0.1) is 13.0 Å². The Morgan fingerprint density at radius 1 is 1.21 bits per heavy atom. The summed E-state index contributed by atoms with van der Waals surface area (Å²) < 4.78 is 22.8. The summed E-state index contributed by atoms with van der Waals surface area (Å²) in [7, 11) is 0. The van der Waals surface area contributed by atoms with Gasteiger partial charge >= 0.3 is 0 Å². The number of rotatable bonds is 8. The van der Waals surface area contributed by atoms with E-state index in [2.05, 4.69) is 71.5 Å². The van der Waals surface area contributed by atoms with Crippen LogP contribution in [0.4, 0.5) is 10.1 Å². The molecule has 0 saturated heterocycles. The van der Waals surface area contributed by atoms with Gasteiger partial charge in [-0.05, 0) is 106 Å². The number of carbonyl (C=O) groups excluding carboxylic acids is 1. The molecule has 0 aliphatic rings. The first-order chi connectivity index (χ1) is 18.2. The van der Waals surface area contributed by atoms with Gasteiger partial charge in [-0.15, -0.1) is 0 Å². The van der Waals surface area contributed by atoms with E-state index in [1.165, 1.54) is 22.9 Å². The molecular formula is C27H22BrFI2N4O3. The van der Waals surface area contributed by atoms with Gasteiger partial charge in [-0.2, -0.15) is 9.78 Å². The minimum absolute atomic E-state index is 0.0301. The smallest absolute Gasteiger partial charge is 0.282 e. The van der Waals surface area contributed by atoms with Crippen molar-refractivity contribution in [3.63, 3.8) is 0 Å². The summed E-state index contributed by atoms with van der Waals surface area (Å²) in [5.41, 5.74) is 1.51. The van der Waals surface area contributed by atoms with Crippen molar-refractivity contribution in [1.82, 2.24) is 9.66 Å². The fraction of sp³-hybridized carbons (Fsp3) is 0.185. The number of hydrogen-bond acceptors (Lipinski definition) is 5. The molecule has 1 aromatic heterocycles. The maximum absolute atomic E-state index is 13.4. The van der Waals surface area contributed by atoms with Crippen LogP contribution < -0.4 is 15.6 Å². The molecule has 1 atom stereocenters. The highest BCUT2D eigenvalue weighted by atomic mass is 127. The molecule has 0 bridgehead atoms. The van der Waals surface area contributed by atoms with Gasteiger partial charge in [0.15, 0.2) is 6.61 Å². The van der Waals surface area contributed by atoms with Gasteiger partial charge in [-0.3, -0.25) is 9.59 Å². The summed E-state index contributed by atoms with van der Waals surface area (Å²) in [6.07, 6.45) is 2.42. The Morgan fingerprint density at radius 2 is 1.95 bits per heavy atom. The molecule has 7 nitrogen and oxygen atoms in total. The molecule has 196 valence electrons. The molecule has 1 heterocycles. The lowest BCUT2D eigenvalue weighted by Crippen LogP contribution is -2.23. The van der Waals surface area contributed by atoms with Crippen LogP contribution in [0.3, 0.4) is 0 Å². The highest BCUT2D eigenvalue weighted by molar-refractivity contribution is 14.1. The molecule has 4 aromatic rings. The van der Waals surface area contributed by atoms with E-state index < -0.39 is 11.7 Å². The normalized spacial score (nSPS) is 12.2. The van der Waals surface area contributed by atoms with E-state index in [1.807, 2.05) is 38.1 Å². The lowest BCUT2D eigenvalue weighted by Gasteiger charge is -2.14. The molecule has 4 rings (SSSR count). The van der Waals surface area contributed by atoms with Crippen molar-refractivity contribution in [3.05, 3.63) is 93.8 Å². The van der Waals surface area contributed by atoms with Crippen molar-refractivity contribution in [3.8, 4) is 5.75 Å². The molecule has 3 aromatic carbocycles. The number of anilines is 1. The van der Waals surface area contributed by atoms with Gasteiger partial charge in [0, 0.05) is 16.1 Å². The van der Waals surface area contributed by atoms with Crippen LogP contribution in [0.15, 0.2) is 69.0 Å². The highest BCUT2D eigenvalue weighted by Gasteiger charge is 2.16. The number of fused-ring (bicyclic) bond motifs is 1. The van der Waals surface area contributed by atoms with Crippen molar-refractivity contribution < 1.29 is 13.9 Å². The molecule has 1 N–H and O–H groups in total. The molecule has 0 fully saturated rings. The van der Waals surface area contributed by atoms with E-state index in [0.29, 0.717) is 28.2 Å². The molecule has 11 heteroatoms. The zero-order valence-electron chi connectivity index (χ0n) is 20.3. The molecule has 0 spiro atoms. The molecular weight excluding hydrogens is 781 g/mol. The molecule has 0 radical (unpaired) electrons. The molecule has 0 aliphatic carbocycles. The fourth-order valence-corrected chi connectivity index (χ4v) is 6.09. The van der Waals surface area contributed by atoms with Gasteiger partial charge < -0.3 is 10.1 Å². The molecule has 1 amide bonds. The van der Waals surface area contributed by atoms with Gasteiger partial charge in [0.2, 0.25) is 0 Å². The Morgan fingerprint density at radius 3 is 2.63 bits per heavy atom. The zero-order chi connectivity index (χ0) is 27.4. The van der Waals surface area contributed by atoms with Crippen molar-refractivity contribution in [1.29, 1.82) is 0 Å². The predicted molar refractivity (Wildman–Crippen MR) is 168 cm³/mol. The average molecular weight is 803 g/mol. The minimum Gasteiger partial charge on any atom is -0.482 e. The summed E-state index contributed by atoms with van der Waals surface area (Å²) in [5.74, 6) is 0.336. The third-order valence-electron chi connectivity index (χ3n) is 5.69. The van der Waals surface area contributed by atoms with E-state index >= 15 is 0 Å². The van der Waals surface area contributed by atoms with E-state index in [9.17, 15) is 14.0 Å². The minimum atomic E-state index is -0.434. The van der Waals surface area contributed by atoms with Gasteiger partial charge in [0.05, 0.1) is 24.3 Å². The summed E-state index contributed by atoms with van der Waals surface area (Å²) in [4.78, 5) is 30.3. The molecule has 0 unspecified atom stereocenters. The van der Waals surface area contributed by atoms with Crippen LogP contribution in [0.25, 0.3) is 10.9 Å².